The van der Waals surface area contributed by atoms with Crippen LogP contribution in [-0.4, -0.2) is 12.3 Å². The van der Waals surface area contributed by atoms with Crippen molar-refractivity contribution in [1.29, 1.82) is 5.26 Å². The van der Waals surface area contributed by atoms with E-state index in [0.29, 0.717) is 11.3 Å². The third-order valence-corrected chi connectivity index (χ3v) is 2.72. The molecular weight excluding hydrogens is 262 g/mol. The van der Waals surface area contributed by atoms with Gasteiger partial charge in [0.1, 0.15) is 17.7 Å². The van der Waals surface area contributed by atoms with E-state index in [9.17, 15) is 13.6 Å². The molecule has 0 amide bonds. The molecule has 0 spiro atoms. The number of hydrogen-bond donors (Lipinski definition) is 1. The van der Waals surface area contributed by atoms with Crippen LogP contribution in [0.4, 0.5) is 14.5 Å². The molecule has 2 aromatic carbocycles. The van der Waals surface area contributed by atoms with Crippen molar-refractivity contribution in [3.05, 3.63) is 65.2 Å². The average Bonchev–Trinajstić information content (AvgIpc) is 2.47. The van der Waals surface area contributed by atoms with Gasteiger partial charge in [0, 0.05) is 0 Å². The van der Waals surface area contributed by atoms with Crippen LogP contribution >= 0.6 is 0 Å². The fraction of sp³-hybridized carbons (Fsp3) is 0.0667. The van der Waals surface area contributed by atoms with Gasteiger partial charge in [-0.1, -0.05) is 12.1 Å². The van der Waals surface area contributed by atoms with Crippen LogP contribution in [-0.2, 0) is 0 Å². The highest BCUT2D eigenvalue weighted by Gasteiger charge is 2.13. The molecule has 100 valence electrons. The summed E-state index contributed by atoms with van der Waals surface area (Å²) in [6, 6.07) is 11.3. The molecule has 0 aliphatic rings. The second-order valence-corrected chi connectivity index (χ2v) is 4.06. The number of ketones is 1. The number of nitrogens with zero attached hydrogens (tertiary/aromatic N) is 1. The predicted molar refractivity (Wildman–Crippen MR) is 70.3 cm³/mol. The van der Waals surface area contributed by atoms with Gasteiger partial charge in [-0.2, -0.15) is 5.26 Å². The van der Waals surface area contributed by atoms with Crippen molar-refractivity contribution in [2.45, 2.75) is 0 Å². The van der Waals surface area contributed by atoms with Gasteiger partial charge >= 0.3 is 0 Å². The van der Waals surface area contributed by atoms with E-state index < -0.39 is 17.4 Å². The van der Waals surface area contributed by atoms with E-state index in [4.69, 9.17) is 5.26 Å². The van der Waals surface area contributed by atoms with E-state index in [1.165, 1.54) is 0 Å². The molecule has 0 radical (unpaired) electrons. The van der Waals surface area contributed by atoms with E-state index >= 15 is 0 Å². The Morgan fingerprint density at radius 2 is 1.95 bits per heavy atom. The second kappa shape index (κ2) is 5.93. The minimum absolute atomic E-state index is 0.223. The first-order chi connectivity index (χ1) is 9.61. The normalized spacial score (nSPS) is 9.85. The molecule has 1 N–H and O–H groups in total. The number of nitrogens with one attached hydrogen (secondary N) is 1. The summed E-state index contributed by atoms with van der Waals surface area (Å²) in [5.41, 5.74) is 0.534. The maximum absolute atomic E-state index is 13.4. The lowest BCUT2D eigenvalue weighted by Crippen LogP contribution is -2.16. The summed E-state index contributed by atoms with van der Waals surface area (Å²) in [4.78, 5) is 11.8. The van der Waals surface area contributed by atoms with Crippen LogP contribution in [0.1, 0.15) is 15.9 Å². The fourth-order valence-corrected chi connectivity index (χ4v) is 1.72. The Morgan fingerprint density at radius 1 is 1.20 bits per heavy atom. The van der Waals surface area contributed by atoms with Gasteiger partial charge in [0.25, 0.3) is 0 Å². The van der Waals surface area contributed by atoms with Gasteiger partial charge in [-0.3, -0.25) is 4.79 Å². The Hall–Kier alpha value is -2.74. The number of halogens is 2. The first kappa shape index (κ1) is 13.7. The molecule has 3 nitrogen and oxygen atoms in total. The molecule has 0 fully saturated rings. The molecule has 0 saturated carbocycles. The smallest absolute Gasteiger partial charge is 0.184 e. The summed E-state index contributed by atoms with van der Waals surface area (Å²) in [6.45, 7) is -0.223. The molecule has 0 aromatic heterocycles. The van der Waals surface area contributed by atoms with Crippen molar-refractivity contribution in [3.8, 4) is 6.07 Å². The van der Waals surface area contributed by atoms with Crippen LogP contribution in [0.15, 0.2) is 42.5 Å². The first-order valence-electron chi connectivity index (χ1n) is 5.83. The summed E-state index contributed by atoms with van der Waals surface area (Å²) in [5, 5.41) is 11.6. The first-order valence-corrected chi connectivity index (χ1v) is 5.83. The number of benzene rings is 2. The zero-order valence-corrected chi connectivity index (χ0v) is 10.4. The molecular formula is C15H10F2N2O. The van der Waals surface area contributed by atoms with Crippen molar-refractivity contribution in [3.63, 3.8) is 0 Å². The molecule has 0 aliphatic heterocycles. The summed E-state index contributed by atoms with van der Waals surface area (Å²) >= 11 is 0. The Bertz CT molecular complexity index is 693. The summed E-state index contributed by atoms with van der Waals surface area (Å²) < 4.78 is 26.4. The van der Waals surface area contributed by atoms with Crippen molar-refractivity contribution >= 4 is 11.5 Å². The topological polar surface area (TPSA) is 52.9 Å². The Balaban J connectivity index is 2.13. The fourth-order valence-electron chi connectivity index (χ4n) is 1.72. The van der Waals surface area contributed by atoms with Crippen molar-refractivity contribution in [2.75, 3.05) is 11.9 Å². The van der Waals surface area contributed by atoms with E-state index in [0.717, 1.165) is 18.2 Å². The van der Waals surface area contributed by atoms with Crippen LogP contribution in [0.25, 0.3) is 0 Å². The summed E-state index contributed by atoms with van der Waals surface area (Å²) in [6.07, 6.45) is 0. The summed E-state index contributed by atoms with van der Waals surface area (Å²) in [5.74, 6) is -2.03. The number of carbonyl (C=O) groups excluding carboxylic acids is 1. The van der Waals surface area contributed by atoms with Crippen LogP contribution in [0, 0.1) is 23.0 Å². The molecule has 2 aromatic rings. The van der Waals surface area contributed by atoms with Crippen molar-refractivity contribution in [2.24, 2.45) is 0 Å². The molecule has 0 atom stereocenters. The van der Waals surface area contributed by atoms with Gasteiger partial charge in [-0.15, -0.1) is 0 Å². The van der Waals surface area contributed by atoms with Gasteiger partial charge in [0.2, 0.25) is 0 Å². The molecule has 0 unspecified atom stereocenters. The molecule has 20 heavy (non-hydrogen) atoms. The average molecular weight is 272 g/mol. The lowest BCUT2D eigenvalue weighted by Gasteiger charge is -2.08. The molecule has 0 saturated heterocycles. The number of Topliss-reactive ketones (excluding diaryl/α,β-unsaturated/α-hetero) is 1. The van der Waals surface area contributed by atoms with Gasteiger partial charge < -0.3 is 5.32 Å². The minimum atomic E-state index is -0.772. The Labute approximate surface area is 114 Å². The number of carbonyl (C=O) groups is 1. The van der Waals surface area contributed by atoms with E-state index in [1.54, 1.807) is 24.3 Å². The molecule has 0 aliphatic carbocycles. The third kappa shape index (κ3) is 2.98. The van der Waals surface area contributed by atoms with Gasteiger partial charge in [0.05, 0.1) is 23.4 Å². The molecule has 2 rings (SSSR count). The number of anilines is 1. The quantitative estimate of drug-likeness (QED) is 0.870. The number of rotatable bonds is 4. The highest BCUT2D eigenvalue weighted by molar-refractivity contribution is 5.99. The lowest BCUT2D eigenvalue weighted by molar-refractivity contribution is 0.100. The SMILES string of the molecule is N#Cc1ccccc1NCC(=O)c1cc(F)ccc1F. The van der Waals surface area contributed by atoms with Crippen LogP contribution in [0.3, 0.4) is 0 Å². The zero-order valence-electron chi connectivity index (χ0n) is 10.4. The number of hydrogen-bond acceptors (Lipinski definition) is 3. The van der Waals surface area contributed by atoms with Crippen molar-refractivity contribution in [1.82, 2.24) is 0 Å². The van der Waals surface area contributed by atoms with Crippen molar-refractivity contribution < 1.29 is 13.6 Å². The minimum Gasteiger partial charge on any atom is -0.377 e. The lowest BCUT2D eigenvalue weighted by atomic mass is 10.1. The highest BCUT2D eigenvalue weighted by Crippen LogP contribution is 2.15. The largest absolute Gasteiger partial charge is 0.377 e. The van der Waals surface area contributed by atoms with Crippen LogP contribution in [0.5, 0.6) is 0 Å². The third-order valence-electron chi connectivity index (χ3n) is 2.72. The maximum atomic E-state index is 13.4. The van der Waals surface area contributed by atoms with Gasteiger partial charge in [-0.05, 0) is 30.3 Å². The zero-order chi connectivity index (χ0) is 14.5. The monoisotopic (exact) mass is 272 g/mol. The van der Waals surface area contributed by atoms with Crippen LogP contribution < -0.4 is 5.32 Å². The maximum Gasteiger partial charge on any atom is 0.184 e. The highest BCUT2D eigenvalue weighted by atomic mass is 19.1. The van der Waals surface area contributed by atoms with E-state index in [2.05, 4.69) is 5.32 Å². The Morgan fingerprint density at radius 3 is 2.70 bits per heavy atom. The van der Waals surface area contributed by atoms with E-state index in [1.807, 2.05) is 6.07 Å². The number of para-hydroxylation sites is 1. The molecule has 5 heteroatoms. The van der Waals surface area contributed by atoms with Gasteiger partial charge in [-0.25, -0.2) is 8.78 Å². The molecule has 0 bridgehead atoms. The predicted octanol–water partition coefficient (Wildman–Crippen LogP) is 3.13. The number of nitriles is 1. The Kier molecular flexibility index (Phi) is 4.06. The van der Waals surface area contributed by atoms with Crippen LogP contribution in [0.2, 0.25) is 0 Å². The standard InChI is InChI=1S/C15H10F2N2O/c16-11-5-6-13(17)12(7-11)15(20)9-19-14-4-2-1-3-10(14)8-18/h1-7,19H,9H2. The second-order valence-electron chi connectivity index (χ2n) is 4.06. The van der Waals surface area contributed by atoms with Gasteiger partial charge in [0.15, 0.2) is 5.78 Å². The molecule has 0 heterocycles. The van der Waals surface area contributed by atoms with E-state index in [-0.39, 0.29) is 12.1 Å². The summed E-state index contributed by atoms with van der Waals surface area (Å²) in [7, 11) is 0.